The van der Waals surface area contributed by atoms with Gasteiger partial charge >= 0.3 is 0 Å². The summed E-state index contributed by atoms with van der Waals surface area (Å²) in [4.78, 5) is 12.4. The molecule has 0 fully saturated rings. The summed E-state index contributed by atoms with van der Waals surface area (Å²) >= 11 is 0. The van der Waals surface area contributed by atoms with Crippen molar-refractivity contribution < 1.29 is 14.1 Å². The Labute approximate surface area is 107 Å². The Bertz CT molecular complexity index is 697. The third-order valence-corrected chi connectivity index (χ3v) is 3.70. The second kappa shape index (κ2) is 3.84. The van der Waals surface area contributed by atoms with E-state index in [0.717, 1.165) is 41.8 Å². The van der Waals surface area contributed by atoms with Gasteiger partial charge in [-0.1, -0.05) is 10.3 Å². The van der Waals surface area contributed by atoms with Gasteiger partial charge in [0.1, 0.15) is 17.1 Å². The summed E-state index contributed by atoms with van der Waals surface area (Å²) in [6.07, 6.45) is 3.94. The van der Waals surface area contributed by atoms with Crippen LogP contribution in [0.1, 0.15) is 46.8 Å². The van der Waals surface area contributed by atoms with Gasteiger partial charge in [0.25, 0.3) is 0 Å². The fourth-order valence-electron chi connectivity index (χ4n) is 2.78. The second-order valence-corrected chi connectivity index (χ2v) is 4.76. The summed E-state index contributed by atoms with van der Waals surface area (Å²) in [6, 6.07) is 0. The first-order valence-corrected chi connectivity index (χ1v) is 6.24. The minimum atomic E-state index is -0.103. The van der Waals surface area contributed by atoms with E-state index in [4.69, 9.17) is 4.63 Å². The quantitative estimate of drug-likeness (QED) is 0.658. The van der Waals surface area contributed by atoms with Crippen molar-refractivity contribution in [1.29, 1.82) is 0 Å². The van der Waals surface area contributed by atoms with Crippen molar-refractivity contribution in [2.24, 2.45) is 0 Å². The van der Waals surface area contributed by atoms with Crippen LogP contribution < -0.4 is 0 Å². The molecular formula is C12H10N4O3. The van der Waals surface area contributed by atoms with Gasteiger partial charge in [-0.3, -0.25) is 4.79 Å². The lowest BCUT2D eigenvalue weighted by Crippen LogP contribution is -2.17. The highest BCUT2D eigenvalue weighted by atomic mass is 16.6. The number of hydrogen-bond donors (Lipinski definition) is 0. The highest BCUT2D eigenvalue weighted by Gasteiger charge is 2.32. The molecule has 0 saturated carbocycles. The van der Waals surface area contributed by atoms with Gasteiger partial charge < -0.3 is 0 Å². The Morgan fingerprint density at radius 1 is 0.737 bits per heavy atom. The number of carbonyl (C=O) groups is 1. The maximum absolute atomic E-state index is 12.4. The first kappa shape index (κ1) is 10.6. The van der Waals surface area contributed by atoms with Crippen molar-refractivity contribution in [2.75, 3.05) is 0 Å². The molecule has 0 aromatic carbocycles. The van der Waals surface area contributed by atoms with E-state index in [1.807, 2.05) is 0 Å². The van der Waals surface area contributed by atoms with Crippen LogP contribution in [0.25, 0.3) is 5.57 Å². The Balaban J connectivity index is 1.86. The number of Topliss-reactive ketones (excluding diaryl/α,β-unsaturated/α-hetero) is 1. The van der Waals surface area contributed by atoms with Crippen molar-refractivity contribution in [3.63, 3.8) is 0 Å². The highest BCUT2D eigenvalue weighted by molar-refractivity contribution is 6.13. The molecule has 0 saturated heterocycles. The van der Waals surface area contributed by atoms with Gasteiger partial charge in [0.05, 0.1) is 0 Å². The molecule has 0 aliphatic heterocycles. The molecule has 19 heavy (non-hydrogen) atoms. The largest absolute Gasteiger partial charge is 0.287 e. The molecule has 0 N–H and O–H groups in total. The van der Waals surface area contributed by atoms with Crippen molar-refractivity contribution in [3.8, 4) is 0 Å². The van der Waals surface area contributed by atoms with E-state index in [1.54, 1.807) is 0 Å². The third-order valence-electron chi connectivity index (χ3n) is 3.70. The van der Waals surface area contributed by atoms with Crippen LogP contribution >= 0.6 is 0 Å². The number of hydrogen-bond acceptors (Lipinski definition) is 7. The molecule has 2 aliphatic carbocycles. The summed E-state index contributed by atoms with van der Waals surface area (Å²) in [6.45, 7) is 0. The molecule has 2 aromatic rings. The van der Waals surface area contributed by atoms with Crippen LogP contribution in [0.2, 0.25) is 0 Å². The Morgan fingerprint density at radius 3 is 2.32 bits per heavy atom. The lowest BCUT2D eigenvalue weighted by Gasteiger charge is -2.18. The van der Waals surface area contributed by atoms with Crippen molar-refractivity contribution in [2.45, 2.75) is 32.1 Å². The fraction of sp³-hybridized carbons (Fsp3) is 0.417. The summed E-state index contributed by atoms with van der Waals surface area (Å²) in [5, 5.41) is 15.3. The molecule has 0 spiro atoms. The SMILES string of the molecule is O=C1/C(=C2\CCCc3nonc32)CCc2nonc21. The third kappa shape index (κ3) is 1.47. The molecule has 2 aliphatic rings. The fourth-order valence-corrected chi connectivity index (χ4v) is 2.78. The Morgan fingerprint density at radius 2 is 1.47 bits per heavy atom. The average Bonchev–Trinajstić information content (AvgIpc) is 3.07. The lowest BCUT2D eigenvalue weighted by molar-refractivity contribution is 0.101. The summed E-state index contributed by atoms with van der Waals surface area (Å²) < 4.78 is 9.42. The van der Waals surface area contributed by atoms with Crippen LogP contribution in [-0.4, -0.2) is 26.4 Å². The molecule has 0 bridgehead atoms. The van der Waals surface area contributed by atoms with Crippen LogP contribution in [0.5, 0.6) is 0 Å². The maximum atomic E-state index is 12.4. The number of aromatic nitrogens is 4. The van der Waals surface area contributed by atoms with Gasteiger partial charge in [-0.2, -0.15) is 0 Å². The lowest BCUT2D eigenvalue weighted by atomic mass is 9.84. The van der Waals surface area contributed by atoms with Gasteiger partial charge in [-0.25, -0.2) is 9.26 Å². The zero-order valence-corrected chi connectivity index (χ0v) is 10.0. The van der Waals surface area contributed by atoms with Gasteiger partial charge in [-0.15, -0.1) is 0 Å². The van der Waals surface area contributed by atoms with Crippen LogP contribution in [0.15, 0.2) is 14.8 Å². The summed E-state index contributed by atoms with van der Waals surface area (Å²) in [5.41, 5.74) is 4.24. The van der Waals surface area contributed by atoms with Crippen LogP contribution in [0.3, 0.4) is 0 Å². The van der Waals surface area contributed by atoms with Crippen LogP contribution in [0, 0.1) is 0 Å². The first-order chi connectivity index (χ1) is 9.34. The molecule has 0 unspecified atom stereocenters. The van der Waals surface area contributed by atoms with E-state index < -0.39 is 0 Å². The molecular weight excluding hydrogens is 248 g/mol. The monoisotopic (exact) mass is 258 g/mol. The van der Waals surface area contributed by atoms with Crippen LogP contribution in [0.4, 0.5) is 0 Å². The van der Waals surface area contributed by atoms with E-state index in [1.165, 1.54) is 0 Å². The van der Waals surface area contributed by atoms with Crippen molar-refractivity contribution in [1.82, 2.24) is 20.6 Å². The van der Waals surface area contributed by atoms with E-state index in [2.05, 4.69) is 25.3 Å². The number of aryl methyl sites for hydroxylation is 2. The first-order valence-electron chi connectivity index (χ1n) is 6.24. The Kier molecular flexibility index (Phi) is 2.14. The number of nitrogens with zero attached hydrogens (tertiary/aromatic N) is 4. The molecule has 0 radical (unpaired) electrons. The molecule has 4 rings (SSSR count). The minimum Gasteiger partial charge on any atom is -0.287 e. The predicted octanol–water partition coefficient (Wildman–Crippen LogP) is 1.37. The van der Waals surface area contributed by atoms with E-state index in [9.17, 15) is 4.79 Å². The van der Waals surface area contributed by atoms with Crippen molar-refractivity contribution >= 4 is 11.4 Å². The molecule has 7 heteroatoms. The predicted molar refractivity (Wildman–Crippen MR) is 61.1 cm³/mol. The Hall–Kier alpha value is -2.31. The maximum Gasteiger partial charge on any atom is 0.213 e. The zero-order chi connectivity index (χ0) is 12.8. The van der Waals surface area contributed by atoms with E-state index in [0.29, 0.717) is 24.2 Å². The normalized spacial score (nSPS) is 22.2. The molecule has 0 amide bonds. The zero-order valence-electron chi connectivity index (χ0n) is 10.0. The van der Waals surface area contributed by atoms with E-state index >= 15 is 0 Å². The number of carbonyl (C=O) groups excluding carboxylic acids is 1. The van der Waals surface area contributed by atoms with E-state index in [-0.39, 0.29) is 5.78 Å². The van der Waals surface area contributed by atoms with Gasteiger partial charge in [0.15, 0.2) is 5.69 Å². The topological polar surface area (TPSA) is 94.9 Å². The molecule has 2 heterocycles. The number of fused-ring (bicyclic) bond motifs is 2. The summed E-state index contributed by atoms with van der Waals surface area (Å²) in [5.74, 6) is -0.103. The smallest absolute Gasteiger partial charge is 0.213 e. The number of ketones is 1. The molecule has 0 atom stereocenters. The molecule has 2 aromatic heterocycles. The van der Waals surface area contributed by atoms with Crippen LogP contribution in [-0.2, 0) is 12.8 Å². The second-order valence-electron chi connectivity index (χ2n) is 4.76. The minimum absolute atomic E-state index is 0.103. The number of rotatable bonds is 0. The molecule has 96 valence electrons. The van der Waals surface area contributed by atoms with Gasteiger partial charge in [0.2, 0.25) is 5.78 Å². The van der Waals surface area contributed by atoms with Gasteiger partial charge in [0, 0.05) is 5.57 Å². The standard InChI is InChI=1S/C12H10N4O3/c17-12-7(4-5-9-11(12)16-19-14-9)6-2-1-3-8-10(6)15-18-13-8/h1-5H2/b7-6+. The molecule has 7 nitrogen and oxygen atoms in total. The number of allylic oxidation sites excluding steroid dienone is 2. The average molecular weight is 258 g/mol. The highest BCUT2D eigenvalue weighted by Crippen LogP contribution is 2.35. The summed E-state index contributed by atoms with van der Waals surface area (Å²) in [7, 11) is 0. The van der Waals surface area contributed by atoms with Crippen molar-refractivity contribution in [3.05, 3.63) is 28.3 Å². The van der Waals surface area contributed by atoms with Gasteiger partial charge in [-0.05, 0) is 48.0 Å².